The van der Waals surface area contributed by atoms with Gasteiger partial charge in [0.15, 0.2) is 0 Å². The van der Waals surface area contributed by atoms with E-state index in [2.05, 4.69) is 11.4 Å². The number of rotatable bonds is 3. The number of carbonyl (C=O) groups excluding carboxylic acids is 2. The second-order valence-electron chi connectivity index (χ2n) is 8.31. The Hall–Kier alpha value is -2.24. The number of benzene rings is 1. The van der Waals surface area contributed by atoms with Crippen LogP contribution in [0.1, 0.15) is 51.0 Å². The number of amides is 3. The Balaban J connectivity index is 1.76. The first-order valence-corrected chi connectivity index (χ1v) is 9.83. The molecule has 2 aliphatic heterocycles. The summed E-state index contributed by atoms with van der Waals surface area (Å²) in [5.74, 6) is 1.12. The lowest BCUT2D eigenvalue weighted by molar-refractivity contribution is -0.122. The van der Waals surface area contributed by atoms with Crippen LogP contribution in [0.15, 0.2) is 24.3 Å². The number of urea groups is 1. The molecular formula is C21H31N3O3. The number of para-hydroxylation sites is 1. The predicted octanol–water partition coefficient (Wildman–Crippen LogP) is 2.98. The largest absolute Gasteiger partial charge is 0.487 e. The van der Waals surface area contributed by atoms with Gasteiger partial charge in [0.25, 0.3) is 0 Å². The third-order valence-electron chi connectivity index (χ3n) is 5.51. The molecule has 1 spiro atoms. The summed E-state index contributed by atoms with van der Waals surface area (Å²) in [6.07, 6.45) is 2.88. The molecule has 2 aliphatic rings. The molecule has 6 heteroatoms. The van der Waals surface area contributed by atoms with Crippen LogP contribution in [0, 0.1) is 0 Å². The van der Waals surface area contributed by atoms with Crippen molar-refractivity contribution in [2.75, 3.05) is 27.2 Å². The minimum atomic E-state index is -0.291. The van der Waals surface area contributed by atoms with Crippen LogP contribution in [0.4, 0.5) is 4.79 Å². The standard InChI is InChI=1S/C21H31N3O3/c1-15(2)22-19(25)13-16-14-21(27-18-8-6-5-7-17(16)18)9-11-24(12-10-21)20(26)23(3)4/h5-8,15-16H,9-14H2,1-4H3,(H,22,25)/t16-/m1/s1. The summed E-state index contributed by atoms with van der Waals surface area (Å²) in [5.41, 5.74) is 0.828. The minimum Gasteiger partial charge on any atom is -0.487 e. The fourth-order valence-electron chi connectivity index (χ4n) is 4.23. The third kappa shape index (κ3) is 4.37. The first-order chi connectivity index (χ1) is 12.8. The normalized spacial score (nSPS) is 20.8. The van der Waals surface area contributed by atoms with Gasteiger partial charge in [0.05, 0.1) is 0 Å². The van der Waals surface area contributed by atoms with E-state index in [-0.39, 0.29) is 29.5 Å². The van der Waals surface area contributed by atoms with Gasteiger partial charge in [-0.05, 0) is 31.9 Å². The van der Waals surface area contributed by atoms with E-state index in [4.69, 9.17) is 4.74 Å². The molecule has 0 saturated carbocycles. The van der Waals surface area contributed by atoms with Crippen LogP contribution < -0.4 is 10.1 Å². The number of ether oxygens (including phenoxy) is 1. The quantitative estimate of drug-likeness (QED) is 0.886. The van der Waals surface area contributed by atoms with E-state index in [1.54, 1.807) is 19.0 Å². The molecule has 0 aliphatic carbocycles. The number of hydrogen-bond acceptors (Lipinski definition) is 3. The van der Waals surface area contributed by atoms with Crippen LogP contribution in [0.2, 0.25) is 0 Å². The summed E-state index contributed by atoms with van der Waals surface area (Å²) < 4.78 is 6.46. The highest BCUT2D eigenvalue weighted by atomic mass is 16.5. The Kier molecular flexibility index (Phi) is 5.63. The maximum atomic E-state index is 12.4. The summed E-state index contributed by atoms with van der Waals surface area (Å²) in [5, 5.41) is 3.01. The Morgan fingerprint density at radius 2 is 1.93 bits per heavy atom. The topological polar surface area (TPSA) is 61.9 Å². The van der Waals surface area contributed by atoms with E-state index in [1.165, 1.54) is 0 Å². The molecule has 148 valence electrons. The molecule has 1 atom stereocenters. The van der Waals surface area contributed by atoms with Gasteiger partial charge in [-0.25, -0.2) is 4.79 Å². The smallest absolute Gasteiger partial charge is 0.319 e. The Labute approximate surface area is 161 Å². The van der Waals surface area contributed by atoms with E-state index < -0.39 is 0 Å². The lowest BCUT2D eigenvalue weighted by atomic mass is 9.76. The molecule has 1 fully saturated rings. The van der Waals surface area contributed by atoms with Gasteiger partial charge < -0.3 is 19.9 Å². The summed E-state index contributed by atoms with van der Waals surface area (Å²) >= 11 is 0. The average Bonchev–Trinajstić information content (AvgIpc) is 2.61. The third-order valence-corrected chi connectivity index (χ3v) is 5.51. The van der Waals surface area contributed by atoms with E-state index >= 15 is 0 Å². The van der Waals surface area contributed by atoms with Crippen molar-refractivity contribution in [1.29, 1.82) is 0 Å². The fourth-order valence-corrected chi connectivity index (χ4v) is 4.23. The molecule has 0 aromatic heterocycles. The zero-order valence-electron chi connectivity index (χ0n) is 16.8. The number of piperidine rings is 1. The van der Waals surface area contributed by atoms with Crippen LogP contribution in [0.3, 0.4) is 0 Å². The van der Waals surface area contributed by atoms with E-state index in [0.717, 1.165) is 30.6 Å². The second kappa shape index (κ2) is 7.79. The molecule has 27 heavy (non-hydrogen) atoms. The van der Waals surface area contributed by atoms with Crippen molar-refractivity contribution < 1.29 is 14.3 Å². The maximum absolute atomic E-state index is 12.4. The molecule has 1 N–H and O–H groups in total. The van der Waals surface area contributed by atoms with Crippen molar-refractivity contribution in [3.05, 3.63) is 29.8 Å². The van der Waals surface area contributed by atoms with Crippen LogP contribution in [-0.2, 0) is 4.79 Å². The zero-order chi connectivity index (χ0) is 19.6. The molecule has 3 amide bonds. The summed E-state index contributed by atoms with van der Waals surface area (Å²) in [7, 11) is 3.56. The van der Waals surface area contributed by atoms with Gasteiger partial charge in [-0.3, -0.25) is 4.79 Å². The lowest BCUT2D eigenvalue weighted by Crippen LogP contribution is -2.53. The van der Waals surface area contributed by atoms with Crippen molar-refractivity contribution >= 4 is 11.9 Å². The first-order valence-electron chi connectivity index (χ1n) is 9.83. The molecule has 2 heterocycles. The lowest BCUT2D eigenvalue weighted by Gasteiger charge is -2.47. The number of carbonyl (C=O) groups is 2. The van der Waals surface area contributed by atoms with E-state index in [0.29, 0.717) is 19.5 Å². The maximum Gasteiger partial charge on any atom is 0.319 e. The van der Waals surface area contributed by atoms with E-state index in [1.807, 2.05) is 36.9 Å². The van der Waals surface area contributed by atoms with Crippen molar-refractivity contribution in [2.45, 2.75) is 57.1 Å². The highest BCUT2D eigenvalue weighted by molar-refractivity contribution is 5.77. The number of nitrogens with one attached hydrogen (secondary N) is 1. The molecule has 6 nitrogen and oxygen atoms in total. The van der Waals surface area contributed by atoms with Crippen molar-refractivity contribution in [3.8, 4) is 5.75 Å². The monoisotopic (exact) mass is 373 g/mol. The van der Waals surface area contributed by atoms with Crippen LogP contribution in [0.25, 0.3) is 0 Å². The number of fused-ring (bicyclic) bond motifs is 1. The summed E-state index contributed by atoms with van der Waals surface area (Å²) in [4.78, 5) is 28.2. The summed E-state index contributed by atoms with van der Waals surface area (Å²) in [6, 6.07) is 8.25. The number of likely N-dealkylation sites (tertiary alicyclic amines) is 1. The van der Waals surface area contributed by atoms with Gasteiger partial charge in [-0.15, -0.1) is 0 Å². The minimum absolute atomic E-state index is 0.0499. The van der Waals surface area contributed by atoms with Crippen molar-refractivity contribution in [1.82, 2.24) is 15.1 Å². The molecule has 0 radical (unpaired) electrons. The van der Waals surface area contributed by atoms with Crippen molar-refractivity contribution in [2.24, 2.45) is 0 Å². The van der Waals surface area contributed by atoms with Gasteiger partial charge in [0, 0.05) is 58.4 Å². The molecule has 0 unspecified atom stereocenters. The Morgan fingerprint density at radius 3 is 2.56 bits per heavy atom. The SMILES string of the molecule is CC(C)NC(=O)C[C@@H]1CC2(CCN(C(=O)N(C)C)CC2)Oc2ccccc21. The average molecular weight is 373 g/mol. The predicted molar refractivity (Wildman–Crippen MR) is 105 cm³/mol. The fraction of sp³-hybridized carbons (Fsp3) is 0.619. The molecule has 1 saturated heterocycles. The van der Waals surface area contributed by atoms with Gasteiger partial charge in [0.1, 0.15) is 11.4 Å². The Morgan fingerprint density at radius 1 is 1.26 bits per heavy atom. The highest BCUT2D eigenvalue weighted by Gasteiger charge is 2.44. The van der Waals surface area contributed by atoms with Gasteiger partial charge in [-0.2, -0.15) is 0 Å². The number of nitrogens with zero attached hydrogens (tertiary/aromatic N) is 2. The molecule has 1 aromatic carbocycles. The first kappa shape index (κ1) is 19.5. The van der Waals surface area contributed by atoms with Crippen molar-refractivity contribution in [3.63, 3.8) is 0 Å². The van der Waals surface area contributed by atoms with E-state index in [9.17, 15) is 9.59 Å². The number of hydrogen-bond donors (Lipinski definition) is 1. The second-order valence-corrected chi connectivity index (χ2v) is 8.31. The molecule has 1 aromatic rings. The zero-order valence-corrected chi connectivity index (χ0v) is 16.8. The van der Waals surface area contributed by atoms with Crippen LogP contribution in [-0.4, -0.2) is 60.6 Å². The molecular weight excluding hydrogens is 342 g/mol. The molecule has 3 rings (SSSR count). The highest BCUT2D eigenvalue weighted by Crippen LogP contribution is 2.46. The summed E-state index contributed by atoms with van der Waals surface area (Å²) in [6.45, 7) is 5.33. The van der Waals surface area contributed by atoms with Gasteiger partial charge >= 0.3 is 6.03 Å². The molecule has 0 bridgehead atoms. The van der Waals surface area contributed by atoms with Gasteiger partial charge in [0.2, 0.25) is 5.91 Å². The van der Waals surface area contributed by atoms with Crippen LogP contribution >= 0.6 is 0 Å². The van der Waals surface area contributed by atoms with Gasteiger partial charge in [-0.1, -0.05) is 18.2 Å². The Bertz CT molecular complexity index is 694. The van der Waals surface area contributed by atoms with Crippen LogP contribution in [0.5, 0.6) is 5.75 Å².